The van der Waals surface area contributed by atoms with Gasteiger partial charge in [0.1, 0.15) is 11.6 Å². The molecule has 1 atom stereocenters. The molecule has 0 spiro atoms. The van der Waals surface area contributed by atoms with Gasteiger partial charge in [0, 0.05) is 39.0 Å². The van der Waals surface area contributed by atoms with Crippen LogP contribution in [0.15, 0.2) is 24.3 Å². The molecule has 8 heteroatoms. The first-order valence-electron chi connectivity index (χ1n) is 11.3. The summed E-state index contributed by atoms with van der Waals surface area (Å²) in [5.74, 6) is 2.39. The van der Waals surface area contributed by atoms with Gasteiger partial charge in [-0.15, -0.1) is 0 Å². The Labute approximate surface area is 189 Å². The molecular formula is C24H31N5O3. The normalized spacial score (nSPS) is 18.2. The number of nitrogens with one attached hydrogen (secondary N) is 1. The van der Waals surface area contributed by atoms with E-state index in [1.54, 1.807) is 14.0 Å². The van der Waals surface area contributed by atoms with Gasteiger partial charge in [-0.2, -0.15) is 0 Å². The molecule has 1 fully saturated rings. The summed E-state index contributed by atoms with van der Waals surface area (Å²) in [6.45, 7) is 3.49. The molecule has 0 saturated carbocycles. The average Bonchev–Trinajstić information content (AvgIpc) is 2.83. The van der Waals surface area contributed by atoms with Gasteiger partial charge in [0.05, 0.1) is 31.8 Å². The number of nitrogens with zero attached hydrogens (tertiary/aromatic N) is 4. The minimum Gasteiger partial charge on any atom is -0.497 e. The number of benzene rings is 1. The SMILES string of the molecule is CNc1nc([C@H]2CCCCN2C(=O)Cc2ccc(OC)cc2)nc2c1CN(C(C)=O)CC2. The van der Waals surface area contributed by atoms with Gasteiger partial charge >= 0.3 is 0 Å². The van der Waals surface area contributed by atoms with E-state index < -0.39 is 0 Å². The standard InChI is InChI=1S/C24H31N5O3/c1-16(30)28-13-11-20-19(15-28)23(25-2)27-24(26-20)21-6-4-5-12-29(21)22(31)14-17-7-9-18(32-3)10-8-17/h7-10,21H,4-6,11-15H2,1-3H3,(H,25,26,27)/t21-/m1/s1. The van der Waals surface area contributed by atoms with Crippen LogP contribution in [0.5, 0.6) is 5.75 Å². The van der Waals surface area contributed by atoms with Crippen molar-refractivity contribution in [2.75, 3.05) is 32.6 Å². The van der Waals surface area contributed by atoms with Crippen LogP contribution in [0.4, 0.5) is 5.82 Å². The number of ether oxygens (including phenoxy) is 1. The number of anilines is 1. The quantitative estimate of drug-likeness (QED) is 0.774. The maximum atomic E-state index is 13.2. The van der Waals surface area contributed by atoms with Crippen molar-refractivity contribution in [2.45, 2.75) is 51.6 Å². The van der Waals surface area contributed by atoms with Crippen LogP contribution in [0.1, 0.15) is 54.9 Å². The van der Waals surface area contributed by atoms with E-state index >= 15 is 0 Å². The predicted octanol–water partition coefficient (Wildman–Crippen LogP) is 2.73. The number of methoxy groups -OCH3 is 1. The lowest BCUT2D eigenvalue weighted by molar-refractivity contribution is -0.134. The molecule has 0 bridgehead atoms. The number of carbonyl (C=O) groups excluding carboxylic acids is 2. The zero-order valence-corrected chi connectivity index (χ0v) is 19.1. The second-order valence-electron chi connectivity index (χ2n) is 8.42. The first-order chi connectivity index (χ1) is 15.5. The van der Waals surface area contributed by atoms with Gasteiger partial charge < -0.3 is 19.9 Å². The topological polar surface area (TPSA) is 87.7 Å². The van der Waals surface area contributed by atoms with E-state index in [1.807, 2.05) is 41.1 Å². The zero-order chi connectivity index (χ0) is 22.7. The van der Waals surface area contributed by atoms with Crippen LogP contribution in [0, 0.1) is 0 Å². The van der Waals surface area contributed by atoms with Gasteiger partial charge in [-0.1, -0.05) is 12.1 Å². The summed E-state index contributed by atoms with van der Waals surface area (Å²) >= 11 is 0. The van der Waals surface area contributed by atoms with Crippen LogP contribution < -0.4 is 10.1 Å². The molecule has 0 radical (unpaired) electrons. The van der Waals surface area contributed by atoms with Crippen LogP contribution in [0.25, 0.3) is 0 Å². The van der Waals surface area contributed by atoms with Crippen LogP contribution in [-0.2, 0) is 29.0 Å². The highest BCUT2D eigenvalue weighted by Crippen LogP contribution is 2.33. The Morgan fingerprint density at radius 2 is 1.94 bits per heavy atom. The minimum atomic E-state index is -0.127. The smallest absolute Gasteiger partial charge is 0.227 e. The molecule has 0 aliphatic carbocycles. The molecule has 1 aromatic carbocycles. The van der Waals surface area contributed by atoms with Gasteiger partial charge in [-0.25, -0.2) is 9.97 Å². The molecule has 2 aliphatic rings. The summed E-state index contributed by atoms with van der Waals surface area (Å²) in [6, 6.07) is 7.51. The second kappa shape index (κ2) is 9.54. The Morgan fingerprint density at radius 3 is 2.62 bits per heavy atom. The Morgan fingerprint density at radius 1 is 1.16 bits per heavy atom. The largest absolute Gasteiger partial charge is 0.497 e. The van der Waals surface area contributed by atoms with Gasteiger partial charge in [0.25, 0.3) is 0 Å². The maximum Gasteiger partial charge on any atom is 0.227 e. The number of aromatic nitrogens is 2. The monoisotopic (exact) mass is 437 g/mol. The summed E-state index contributed by atoms with van der Waals surface area (Å²) < 4.78 is 5.21. The predicted molar refractivity (Wildman–Crippen MR) is 121 cm³/mol. The summed E-state index contributed by atoms with van der Waals surface area (Å²) in [5.41, 5.74) is 2.92. The Bertz CT molecular complexity index is 975. The molecule has 0 unspecified atom stereocenters. The Balaban J connectivity index is 1.58. The average molecular weight is 438 g/mol. The lowest BCUT2D eigenvalue weighted by atomic mass is 9.98. The number of likely N-dealkylation sites (tertiary alicyclic amines) is 1. The van der Waals surface area contributed by atoms with Crippen LogP contribution >= 0.6 is 0 Å². The highest BCUT2D eigenvalue weighted by Gasteiger charge is 2.32. The Hall–Kier alpha value is -3.16. The van der Waals surface area contributed by atoms with E-state index in [9.17, 15) is 9.59 Å². The van der Waals surface area contributed by atoms with Crippen molar-refractivity contribution < 1.29 is 14.3 Å². The third-order valence-electron chi connectivity index (χ3n) is 6.40. The lowest BCUT2D eigenvalue weighted by Crippen LogP contribution is -2.41. The number of hydrogen-bond acceptors (Lipinski definition) is 6. The number of fused-ring (bicyclic) bond motifs is 1. The van der Waals surface area contributed by atoms with Crippen molar-refractivity contribution in [1.82, 2.24) is 19.8 Å². The molecule has 4 rings (SSSR count). The first kappa shape index (κ1) is 22.0. The van der Waals surface area contributed by atoms with E-state index in [2.05, 4.69) is 5.32 Å². The fraction of sp³-hybridized carbons (Fsp3) is 0.500. The van der Waals surface area contributed by atoms with E-state index in [1.165, 1.54) is 0 Å². The minimum absolute atomic E-state index is 0.0596. The molecule has 170 valence electrons. The van der Waals surface area contributed by atoms with Crippen LogP contribution in [0.2, 0.25) is 0 Å². The number of piperidine rings is 1. The van der Waals surface area contributed by atoms with Crippen molar-refractivity contribution in [1.29, 1.82) is 0 Å². The summed E-state index contributed by atoms with van der Waals surface area (Å²) in [7, 11) is 3.47. The van der Waals surface area contributed by atoms with Crippen molar-refractivity contribution in [2.24, 2.45) is 0 Å². The molecule has 8 nitrogen and oxygen atoms in total. The zero-order valence-electron chi connectivity index (χ0n) is 19.1. The molecule has 2 aliphatic heterocycles. The summed E-state index contributed by atoms with van der Waals surface area (Å²) in [6.07, 6.45) is 3.94. The van der Waals surface area contributed by atoms with Gasteiger partial charge in [0.2, 0.25) is 11.8 Å². The number of rotatable bonds is 5. The van der Waals surface area contributed by atoms with E-state index in [4.69, 9.17) is 14.7 Å². The molecule has 32 heavy (non-hydrogen) atoms. The van der Waals surface area contributed by atoms with Crippen molar-refractivity contribution in [3.63, 3.8) is 0 Å². The molecule has 1 saturated heterocycles. The first-order valence-corrected chi connectivity index (χ1v) is 11.3. The fourth-order valence-corrected chi connectivity index (χ4v) is 4.58. The number of carbonyl (C=O) groups is 2. The molecule has 2 amide bonds. The lowest BCUT2D eigenvalue weighted by Gasteiger charge is -2.36. The van der Waals surface area contributed by atoms with Crippen molar-refractivity contribution >= 4 is 17.6 Å². The molecule has 1 aromatic heterocycles. The highest BCUT2D eigenvalue weighted by atomic mass is 16.5. The summed E-state index contributed by atoms with van der Waals surface area (Å²) in [4.78, 5) is 38.6. The molecular weight excluding hydrogens is 406 g/mol. The Kier molecular flexibility index (Phi) is 6.58. The maximum absolute atomic E-state index is 13.2. The van der Waals surface area contributed by atoms with E-state index in [0.717, 1.165) is 47.7 Å². The van der Waals surface area contributed by atoms with E-state index in [0.29, 0.717) is 38.3 Å². The van der Waals surface area contributed by atoms with Gasteiger partial charge in [0.15, 0.2) is 5.82 Å². The van der Waals surface area contributed by atoms with Crippen molar-refractivity contribution in [3.8, 4) is 5.75 Å². The number of hydrogen-bond donors (Lipinski definition) is 1. The van der Waals surface area contributed by atoms with Crippen LogP contribution in [-0.4, -0.2) is 58.8 Å². The molecule has 1 N–H and O–H groups in total. The third kappa shape index (κ3) is 4.54. The van der Waals surface area contributed by atoms with Crippen LogP contribution in [0.3, 0.4) is 0 Å². The second-order valence-corrected chi connectivity index (χ2v) is 8.42. The summed E-state index contributed by atoms with van der Waals surface area (Å²) in [5, 5.41) is 3.18. The highest BCUT2D eigenvalue weighted by molar-refractivity contribution is 5.79. The third-order valence-corrected chi connectivity index (χ3v) is 6.40. The fourth-order valence-electron chi connectivity index (χ4n) is 4.58. The van der Waals surface area contributed by atoms with Gasteiger partial charge in [-0.05, 0) is 37.0 Å². The molecule has 3 heterocycles. The van der Waals surface area contributed by atoms with E-state index in [-0.39, 0.29) is 17.9 Å². The van der Waals surface area contributed by atoms with Crippen molar-refractivity contribution in [3.05, 3.63) is 46.9 Å². The molecule has 2 aromatic rings. The number of amides is 2. The van der Waals surface area contributed by atoms with Gasteiger partial charge in [-0.3, -0.25) is 9.59 Å².